The second-order valence-electron chi connectivity index (χ2n) is 4.23. The van der Waals surface area contributed by atoms with Crippen LogP contribution in [0.5, 0.6) is 0 Å². The Balaban J connectivity index is 2.27. The maximum Gasteiger partial charge on any atom is 0.258 e. The molecule has 1 aliphatic rings. The number of anilines is 1. The van der Waals surface area contributed by atoms with Gasteiger partial charge in [0, 0.05) is 20.1 Å². The predicted octanol–water partition coefficient (Wildman–Crippen LogP) is 0.224. The minimum absolute atomic E-state index is 0.0154. The van der Waals surface area contributed by atoms with Crippen LogP contribution in [0, 0.1) is 5.82 Å². The smallest absolute Gasteiger partial charge is 0.258 e. The molecule has 0 radical (unpaired) electrons. The monoisotopic (exact) mass is 266 g/mol. The van der Waals surface area contributed by atoms with Crippen molar-refractivity contribution in [2.45, 2.75) is 6.42 Å². The van der Waals surface area contributed by atoms with Crippen molar-refractivity contribution in [2.24, 2.45) is 0 Å². The first-order valence-corrected chi connectivity index (χ1v) is 6.01. The number of nitrogens with zero attached hydrogens (tertiary/aromatic N) is 2. The molecule has 0 atom stereocenters. The number of pyridine rings is 1. The Labute approximate surface area is 110 Å². The van der Waals surface area contributed by atoms with Gasteiger partial charge in [-0.2, -0.15) is 0 Å². The Morgan fingerprint density at radius 3 is 3.11 bits per heavy atom. The predicted molar refractivity (Wildman–Crippen MR) is 67.3 cm³/mol. The first-order chi connectivity index (χ1) is 9.11. The molecule has 0 saturated carbocycles. The van der Waals surface area contributed by atoms with Crippen molar-refractivity contribution in [2.75, 3.05) is 32.0 Å². The number of halogens is 1. The second-order valence-corrected chi connectivity index (χ2v) is 4.23. The second kappa shape index (κ2) is 5.64. The molecule has 102 valence electrons. The lowest BCUT2D eigenvalue weighted by molar-refractivity contribution is -0.121. The minimum atomic E-state index is -0.582. The summed E-state index contributed by atoms with van der Waals surface area (Å²) in [6.07, 6.45) is 1.72. The zero-order valence-corrected chi connectivity index (χ0v) is 10.6. The molecule has 0 bridgehead atoms. The van der Waals surface area contributed by atoms with Gasteiger partial charge in [0.2, 0.25) is 5.91 Å². The van der Waals surface area contributed by atoms with Gasteiger partial charge in [-0.05, 0) is 12.5 Å². The van der Waals surface area contributed by atoms with E-state index in [9.17, 15) is 14.0 Å². The summed E-state index contributed by atoms with van der Waals surface area (Å²) in [6, 6.07) is 1.13. The van der Waals surface area contributed by atoms with E-state index in [1.165, 1.54) is 4.90 Å². The van der Waals surface area contributed by atoms with Crippen molar-refractivity contribution in [3.05, 3.63) is 23.6 Å². The Morgan fingerprint density at radius 1 is 1.58 bits per heavy atom. The molecule has 2 amide bonds. The van der Waals surface area contributed by atoms with E-state index in [0.29, 0.717) is 25.3 Å². The first-order valence-electron chi connectivity index (χ1n) is 6.01. The highest BCUT2D eigenvalue weighted by molar-refractivity contribution is 6.00. The fourth-order valence-electron chi connectivity index (χ4n) is 1.95. The van der Waals surface area contributed by atoms with Crippen molar-refractivity contribution in [1.29, 1.82) is 0 Å². The SMILES string of the molecule is CNc1ncc(F)cc1C(=O)N1CCCNC(=O)C1. The standard InChI is InChI=1S/C12H15FN4O2/c1-14-11-9(5-8(13)6-16-11)12(19)17-4-2-3-15-10(18)7-17/h5-6H,2-4,7H2,1H3,(H,14,16)(H,15,18). The molecular formula is C12H15FN4O2. The van der Waals surface area contributed by atoms with Crippen LogP contribution in [0.1, 0.15) is 16.8 Å². The van der Waals surface area contributed by atoms with Gasteiger partial charge in [-0.3, -0.25) is 9.59 Å². The summed E-state index contributed by atoms with van der Waals surface area (Å²) >= 11 is 0. The average Bonchev–Trinajstić information content (AvgIpc) is 2.62. The lowest BCUT2D eigenvalue weighted by Gasteiger charge is -2.20. The first kappa shape index (κ1) is 13.3. The number of hydrogen-bond donors (Lipinski definition) is 2. The molecule has 0 spiro atoms. The van der Waals surface area contributed by atoms with Gasteiger partial charge in [0.05, 0.1) is 18.3 Å². The normalized spacial score (nSPS) is 15.7. The van der Waals surface area contributed by atoms with Crippen molar-refractivity contribution >= 4 is 17.6 Å². The Kier molecular flexibility index (Phi) is 3.94. The lowest BCUT2D eigenvalue weighted by atomic mass is 10.2. The average molecular weight is 266 g/mol. The Morgan fingerprint density at radius 2 is 2.37 bits per heavy atom. The molecule has 2 N–H and O–H groups in total. The molecular weight excluding hydrogens is 251 g/mol. The van der Waals surface area contributed by atoms with E-state index in [4.69, 9.17) is 0 Å². The summed E-state index contributed by atoms with van der Waals surface area (Å²) in [5, 5.41) is 5.43. The van der Waals surface area contributed by atoms with E-state index in [1.54, 1.807) is 7.05 Å². The fourth-order valence-corrected chi connectivity index (χ4v) is 1.95. The summed E-state index contributed by atoms with van der Waals surface area (Å²) in [6.45, 7) is 0.985. The van der Waals surface area contributed by atoms with Gasteiger partial charge in [-0.25, -0.2) is 9.37 Å². The molecule has 1 saturated heterocycles. The van der Waals surface area contributed by atoms with Crippen LogP contribution >= 0.6 is 0 Å². The largest absolute Gasteiger partial charge is 0.372 e. The number of nitrogens with one attached hydrogen (secondary N) is 2. The highest BCUT2D eigenvalue weighted by Gasteiger charge is 2.23. The molecule has 1 fully saturated rings. The number of hydrogen-bond acceptors (Lipinski definition) is 4. The number of carbonyl (C=O) groups excluding carboxylic acids is 2. The summed E-state index contributed by atoms with van der Waals surface area (Å²) < 4.78 is 13.2. The maximum atomic E-state index is 13.2. The molecule has 0 aliphatic carbocycles. The van der Waals surface area contributed by atoms with E-state index in [1.807, 2.05) is 0 Å². The van der Waals surface area contributed by atoms with Crippen LogP contribution in [0.3, 0.4) is 0 Å². The van der Waals surface area contributed by atoms with Crippen LogP contribution in [0.25, 0.3) is 0 Å². The number of carbonyl (C=O) groups is 2. The summed E-state index contributed by atoms with van der Waals surface area (Å²) in [5.74, 6) is -0.882. The number of aromatic nitrogens is 1. The van der Waals surface area contributed by atoms with Crippen LogP contribution in [0.2, 0.25) is 0 Å². The quantitative estimate of drug-likeness (QED) is 0.803. The number of rotatable bonds is 2. The zero-order chi connectivity index (χ0) is 13.8. The zero-order valence-electron chi connectivity index (χ0n) is 10.6. The molecule has 19 heavy (non-hydrogen) atoms. The van der Waals surface area contributed by atoms with Crippen molar-refractivity contribution in [3.63, 3.8) is 0 Å². The van der Waals surface area contributed by atoms with Gasteiger partial charge < -0.3 is 15.5 Å². The molecule has 0 aromatic carbocycles. The lowest BCUT2D eigenvalue weighted by Crippen LogP contribution is -2.37. The highest BCUT2D eigenvalue weighted by Crippen LogP contribution is 2.16. The third-order valence-corrected chi connectivity index (χ3v) is 2.87. The van der Waals surface area contributed by atoms with E-state index < -0.39 is 11.7 Å². The Bertz CT molecular complexity index is 507. The summed E-state index contributed by atoms with van der Waals surface area (Å²) in [4.78, 5) is 29.0. The molecule has 2 heterocycles. The van der Waals surface area contributed by atoms with Gasteiger partial charge in [-0.15, -0.1) is 0 Å². The van der Waals surface area contributed by atoms with Crippen LogP contribution in [0.4, 0.5) is 10.2 Å². The highest BCUT2D eigenvalue weighted by atomic mass is 19.1. The minimum Gasteiger partial charge on any atom is -0.372 e. The maximum absolute atomic E-state index is 13.2. The molecule has 1 aromatic heterocycles. The molecule has 7 heteroatoms. The number of amides is 2. The molecule has 6 nitrogen and oxygen atoms in total. The third-order valence-electron chi connectivity index (χ3n) is 2.87. The van der Waals surface area contributed by atoms with Gasteiger partial charge in [0.1, 0.15) is 11.6 Å². The third kappa shape index (κ3) is 2.98. The van der Waals surface area contributed by atoms with E-state index in [-0.39, 0.29) is 18.0 Å². The summed E-state index contributed by atoms with van der Waals surface area (Å²) in [7, 11) is 1.60. The van der Waals surface area contributed by atoms with Crippen LogP contribution < -0.4 is 10.6 Å². The van der Waals surface area contributed by atoms with Crippen LogP contribution in [-0.2, 0) is 4.79 Å². The van der Waals surface area contributed by atoms with Gasteiger partial charge in [-0.1, -0.05) is 0 Å². The van der Waals surface area contributed by atoms with E-state index in [0.717, 1.165) is 12.3 Å². The van der Waals surface area contributed by atoms with Crippen molar-refractivity contribution in [3.8, 4) is 0 Å². The van der Waals surface area contributed by atoms with Crippen molar-refractivity contribution in [1.82, 2.24) is 15.2 Å². The van der Waals surface area contributed by atoms with E-state index in [2.05, 4.69) is 15.6 Å². The fraction of sp³-hybridized carbons (Fsp3) is 0.417. The Hall–Kier alpha value is -2.18. The molecule has 1 aromatic rings. The van der Waals surface area contributed by atoms with Gasteiger partial charge in [0.15, 0.2) is 0 Å². The molecule has 1 aliphatic heterocycles. The van der Waals surface area contributed by atoms with Gasteiger partial charge >= 0.3 is 0 Å². The molecule has 2 rings (SSSR count). The topological polar surface area (TPSA) is 74.3 Å². The molecule has 0 unspecified atom stereocenters. The van der Waals surface area contributed by atoms with Crippen LogP contribution in [-0.4, -0.2) is 48.4 Å². The summed E-state index contributed by atoms with van der Waals surface area (Å²) in [5.41, 5.74) is 0.136. The van der Waals surface area contributed by atoms with Crippen LogP contribution in [0.15, 0.2) is 12.3 Å². The van der Waals surface area contributed by atoms with Crippen molar-refractivity contribution < 1.29 is 14.0 Å². The van der Waals surface area contributed by atoms with Gasteiger partial charge in [0.25, 0.3) is 5.91 Å². The van der Waals surface area contributed by atoms with E-state index >= 15 is 0 Å².